The summed E-state index contributed by atoms with van der Waals surface area (Å²) in [5.41, 5.74) is 8.33. The molecule has 0 aromatic heterocycles. The lowest BCUT2D eigenvalue weighted by molar-refractivity contribution is -0.146. The van der Waals surface area contributed by atoms with E-state index in [4.69, 9.17) is 10.9 Å². The van der Waals surface area contributed by atoms with Crippen LogP contribution in [-0.4, -0.2) is 40.2 Å². The van der Waals surface area contributed by atoms with Crippen molar-refractivity contribution in [2.24, 2.45) is 11.7 Å². The molecule has 6 N–H and O–H groups in total. The lowest BCUT2D eigenvalue weighted by Gasteiger charge is -2.24. The summed E-state index contributed by atoms with van der Waals surface area (Å²) in [4.78, 5) is 36.9. The summed E-state index contributed by atoms with van der Waals surface area (Å²) in [5.74, 6) is -3.85. The van der Waals surface area contributed by atoms with Crippen LogP contribution in [0.25, 0.3) is 10.8 Å². The number of amides is 3. The van der Waals surface area contributed by atoms with E-state index in [0.717, 1.165) is 16.3 Å². The number of nitrogens with two attached hydrogens (primary N) is 1. The third-order valence-corrected chi connectivity index (χ3v) is 5.31. The predicted octanol–water partition coefficient (Wildman–Crippen LogP) is 1.08. The van der Waals surface area contributed by atoms with E-state index in [1.165, 1.54) is 5.48 Å². The van der Waals surface area contributed by atoms with Crippen molar-refractivity contribution < 1.29 is 24.7 Å². The van der Waals surface area contributed by atoms with E-state index in [9.17, 15) is 19.5 Å². The van der Waals surface area contributed by atoms with Gasteiger partial charge in [-0.3, -0.25) is 19.6 Å². The quantitative estimate of drug-likeness (QED) is 0.253. The Labute approximate surface area is 185 Å². The molecule has 0 saturated carbocycles. The molecule has 8 nitrogen and oxygen atoms in total. The van der Waals surface area contributed by atoms with Gasteiger partial charge in [0, 0.05) is 6.42 Å². The number of rotatable bonds is 9. The molecule has 3 aromatic rings. The van der Waals surface area contributed by atoms with Crippen molar-refractivity contribution in [3.63, 3.8) is 0 Å². The SMILES string of the molecule is NC(=O)[C@H](Cc1ccccc1)NC(=O)[C@H](Cc1ccc2ccccc2c1)C(O)C(=O)NO. The molecule has 166 valence electrons. The fourth-order valence-corrected chi connectivity index (χ4v) is 3.57. The van der Waals surface area contributed by atoms with Crippen molar-refractivity contribution in [3.8, 4) is 0 Å². The minimum Gasteiger partial charge on any atom is -0.382 e. The van der Waals surface area contributed by atoms with Crippen molar-refractivity contribution in [1.82, 2.24) is 10.8 Å². The number of fused-ring (bicyclic) bond motifs is 1. The Kier molecular flexibility index (Phi) is 7.54. The van der Waals surface area contributed by atoms with Gasteiger partial charge in [0.1, 0.15) is 12.1 Å². The number of hydrogen-bond donors (Lipinski definition) is 5. The maximum absolute atomic E-state index is 13.0. The molecular formula is C24H25N3O5. The number of benzene rings is 3. The molecule has 32 heavy (non-hydrogen) atoms. The zero-order chi connectivity index (χ0) is 23.1. The third kappa shape index (κ3) is 5.69. The Balaban J connectivity index is 1.83. The minimum absolute atomic E-state index is 0.00206. The van der Waals surface area contributed by atoms with Crippen molar-refractivity contribution in [3.05, 3.63) is 83.9 Å². The maximum atomic E-state index is 13.0. The smallest absolute Gasteiger partial charge is 0.272 e. The van der Waals surface area contributed by atoms with Crippen LogP contribution < -0.4 is 16.5 Å². The van der Waals surface area contributed by atoms with E-state index < -0.39 is 35.8 Å². The van der Waals surface area contributed by atoms with Crippen LogP contribution >= 0.6 is 0 Å². The summed E-state index contributed by atoms with van der Waals surface area (Å²) in [5, 5.41) is 23.8. The highest BCUT2D eigenvalue weighted by atomic mass is 16.5. The van der Waals surface area contributed by atoms with Crippen molar-refractivity contribution in [2.75, 3.05) is 0 Å². The van der Waals surface area contributed by atoms with Gasteiger partial charge in [-0.2, -0.15) is 0 Å². The fraction of sp³-hybridized carbons (Fsp3) is 0.208. The van der Waals surface area contributed by atoms with Gasteiger partial charge in [-0.1, -0.05) is 72.8 Å². The molecule has 3 aromatic carbocycles. The van der Waals surface area contributed by atoms with Gasteiger partial charge in [-0.05, 0) is 28.3 Å². The molecule has 0 spiro atoms. The van der Waals surface area contributed by atoms with Gasteiger partial charge in [-0.15, -0.1) is 0 Å². The van der Waals surface area contributed by atoms with Gasteiger partial charge in [0.25, 0.3) is 5.91 Å². The van der Waals surface area contributed by atoms with Crippen LogP contribution in [0.2, 0.25) is 0 Å². The number of carbonyl (C=O) groups excluding carboxylic acids is 3. The van der Waals surface area contributed by atoms with E-state index in [1.54, 1.807) is 30.3 Å². The first-order valence-electron chi connectivity index (χ1n) is 10.1. The van der Waals surface area contributed by atoms with E-state index in [2.05, 4.69) is 5.32 Å². The normalized spacial score (nSPS) is 13.7. The second-order valence-corrected chi connectivity index (χ2v) is 7.57. The Bertz CT molecular complexity index is 1100. The topological polar surface area (TPSA) is 142 Å². The third-order valence-electron chi connectivity index (χ3n) is 5.31. The Hall–Kier alpha value is -3.75. The lowest BCUT2D eigenvalue weighted by Crippen LogP contribution is -2.52. The predicted molar refractivity (Wildman–Crippen MR) is 118 cm³/mol. The van der Waals surface area contributed by atoms with Crippen LogP contribution in [-0.2, 0) is 27.2 Å². The summed E-state index contributed by atoms with van der Waals surface area (Å²) >= 11 is 0. The van der Waals surface area contributed by atoms with Crippen LogP contribution in [0, 0.1) is 5.92 Å². The van der Waals surface area contributed by atoms with E-state index in [-0.39, 0.29) is 12.8 Å². The molecule has 0 bridgehead atoms. The highest BCUT2D eigenvalue weighted by Crippen LogP contribution is 2.20. The van der Waals surface area contributed by atoms with E-state index >= 15 is 0 Å². The number of hydrogen-bond acceptors (Lipinski definition) is 5. The summed E-state index contributed by atoms with van der Waals surface area (Å²) in [6.45, 7) is 0. The Morgan fingerprint density at radius 1 is 0.812 bits per heavy atom. The molecule has 0 fully saturated rings. The van der Waals surface area contributed by atoms with Gasteiger partial charge in [-0.25, -0.2) is 5.48 Å². The van der Waals surface area contributed by atoms with Gasteiger partial charge in [0.05, 0.1) is 5.92 Å². The van der Waals surface area contributed by atoms with Gasteiger partial charge in [0.15, 0.2) is 0 Å². The average Bonchev–Trinajstić information content (AvgIpc) is 2.81. The molecule has 0 aliphatic rings. The first-order chi connectivity index (χ1) is 15.4. The van der Waals surface area contributed by atoms with Crippen LogP contribution in [0.5, 0.6) is 0 Å². The molecule has 3 amide bonds. The number of aliphatic hydroxyl groups excluding tert-OH is 1. The molecule has 0 saturated heterocycles. The average molecular weight is 435 g/mol. The Morgan fingerprint density at radius 2 is 1.47 bits per heavy atom. The first kappa shape index (κ1) is 22.9. The zero-order valence-electron chi connectivity index (χ0n) is 17.3. The van der Waals surface area contributed by atoms with E-state index in [0.29, 0.717) is 5.56 Å². The number of nitrogens with one attached hydrogen (secondary N) is 2. The van der Waals surface area contributed by atoms with Gasteiger partial charge in [0.2, 0.25) is 11.8 Å². The van der Waals surface area contributed by atoms with Crippen LogP contribution in [0.15, 0.2) is 72.8 Å². The van der Waals surface area contributed by atoms with Crippen LogP contribution in [0.1, 0.15) is 11.1 Å². The number of primary amides is 1. The van der Waals surface area contributed by atoms with Crippen molar-refractivity contribution in [2.45, 2.75) is 25.0 Å². The molecule has 0 heterocycles. The van der Waals surface area contributed by atoms with Crippen LogP contribution in [0.4, 0.5) is 0 Å². The zero-order valence-corrected chi connectivity index (χ0v) is 17.3. The van der Waals surface area contributed by atoms with E-state index in [1.807, 2.05) is 42.5 Å². The molecule has 0 aliphatic carbocycles. The van der Waals surface area contributed by atoms with Crippen molar-refractivity contribution >= 4 is 28.5 Å². The Morgan fingerprint density at radius 3 is 2.12 bits per heavy atom. The summed E-state index contributed by atoms with van der Waals surface area (Å²) in [6, 6.07) is 21.1. The monoisotopic (exact) mass is 435 g/mol. The first-order valence-corrected chi connectivity index (χ1v) is 10.1. The summed E-state index contributed by atoms with van der Waals surface area (Å²) < 4.78 is 0. The number of aliphatic hydroxyl groups is 1. The molecule has 3 rings (SSSR count). The molecular weight excluding hydrogens is 410 g/mol. The summed E-state index contributed by atoms with van der Waals surface area (Å²) in [7, 11) is 0. The second-order valence-electron chi connectivity index (χ2n) is 7.57. The molecule has 8 heteroatoms. The second kappa shape index (κ2) is 10.5. The van der Waals surface area contributed by atoms with Crippen LogP contribution in [0.3, 0.4) is 0 Å². The van der Waals surface area contributed by atoms with Gasteiger partial charge >= 0.3 is 0 Å². The molecule has 1 unspecified atom stereocenters. The van der Waals surface area contributed by atoms with Crippen molar-refractivity contribution in [1.29, 1.82) is 0 Å². The minimum atomic E-state index is -1.84. The molecule has 3 atom stereocenters. The molecule has 0 aliphatic heterocycles. The number of hydroxylamine groups is 1. The summed E-state index contributed by atoms with van der Waals surface area (Å²) in [6.07, 6.45) is -1.67. The highest BCUT2D eigenvalue weighted by molar-refractivity contribution is 5.92. The van der Waals surface area contributed by atoms with Gasteiger partial charge < -0.3 is 16.2 Å². The highest BCUT2D eigenvalue weighted by Gasteiger charge is 2.34. The largest absolute Gasteiger partial charge is 0.382 e. The fourth-order valence-electron chi connectivity index (χ4n) is 3.57. The number of carbonyl (C=O) groups is 3. The standard InChI is InChI=1S/C24H25N3O5/c25-22(29)20(14-15-6-2-1-3-7-15)26-23(30)19(21(28)24(31)27-32)13-16-10-11-17-8-4-5-9-18(17)12-16/h1-12,19-21,28,32H,13-14H2,(H2,25,29)(H,26,30)(H,27,31)/t19-,20+,21?/m1/s1. The maximum Gasteiger partial charge on any atom is 0.272 e. The lowest BCUT2D eigenvalue weighted by atomic mass is 9.91. The molecule has 0 radical (unpaired) electrons.